The number of aromatic amines is 1. The maximum Gasteiger partial charge on any atom is 0.293 e. The molecule has 3 heterocycles. The van der Waals surface area contributed by atoms with E-state index in [-0.39, 0.29) is 17.3 Å². The summed E-state index contributed by atoms with van der Waals surface area (Å²) in [6, 6.07) is 9.82. The molecule has 2 unspecified atom stereocenters. The minimum Gasteiger partial charge on any atom is -0.321 e. The van der Waals surface area contributed by atoms with Crippen LogP contribution in [0.4, 0.5) is 17.3 Å². The number of carbonyl (C=O) groups excluding carboxylic acids is 1. The van der Waals surface area contributed by atoms with Crippen LogP contribution in [0, 0.1) is 6.92 Å². The van der Waals surface area contributed by atoms with Crippen LogP contribution in [0.2, 0.25) is 0 Å². The second kappa shape index (κ2) is 8.41. The van der Waals surface area contributed by atoms with Gasteiger partial charge in [-0.05, 0) is 74.1 Å². The molecule has 8 nitrogen and oxygen atoms in total. The van der Waals surface area contributed by atoms with E-state index in [1.807, 2.05) is 31.2 Å². The average Bonchev–Trinajstić information content (AvgIpc) is 3.24. The Morgan fingerprint density at radius 1 is 1.14 bits per heavy atom. The van der Waals surface area contributed by atoms with Crippen molar-refractivity contribution in [1.29, 1.82) is 0 Å². The monoisotopic (exact) mass is 512 g/mol. The Kier molecular flexibility index (Phi) is 5.11. The van der Waals surface area contributed by atoms with Gasteiger partial charge in [0.05, 0.1) is 10.6 Å². The molecule has 1 amide bonds. The maximum absolute atomic E-state index is 13.2. The Balaban J connectivity index is 1.16. The summed E-state index contributed by atoms with van der Waals surface area (Å²) in [7, 11) is 1.71. The second-order valence-corrected chi connectivity index (χ2v) is 11.7. The van der Waals surface area contributed by atoms with Crippen molar-refractivity contribution in [1.82, 2.24) is 19.7 Å². The van der Waals surface area contributed by atoms with Crippen LogP contribution in [0.5, 0.6) is 0 Å². The van der Waals surface area contributed by atoms with Crippen molar-refractivity contribution in [3.8, 4) is 11.3 Å². The fourth-order valence-electron chi connectivity index (χ4n) is 5.85. The van der Waals surface area contributed by atoms with Crippen molar-refractivity contribution in [2.75, 3.05) is 10.6 Å². The first-order valence-corrected chi connectivity index (χ1v) is 13.7. The maximum atomic E-state index is 13.2. The molecule has 4 aromatic rings. The molecule has 37 heavy (non-hydrogen) atoms. The molecule has 3 aliphatic carbocycles. The predicted molar refractivity (Wildman–Crippen MR) is 145 cm³/mol. The number of thiophene rings is 1. The zero-order valence-electron chi connectivity index (χ0n) is 20.8. The predicted octanol–water partition coefficient (Wildman–Crippen LogP) is 5.78. The van der Waals surface area contributed by atoms with E-state index in [2.05, 4.69) is 31.9 Å². The molecular formula is C28H28N6O2S. The number of aryl methyl sites for hydroxylation is 1. The fourth-order valence-corrected chi connectivity index (χ4v) is 7.14. The number of amides is 1. The number of hydrogen-bond donors (Lipinski definition) is 3. The van der Waals surface area contributed by atoms with Gasteiger partial charge in [-0.15, -0.1) is 11.3 Å². The summed E-state index contributed by atoms with van der Waals surface area (Å²) >= 11 is 1.65. The Morgan fingerprint density at radius 2 is 1.95 bits per heavy atom. The summed E-state index contributed by atoms with van der Waals surface area (Å²) in [5.74, 6) is 2.55. The Bertz CT molecular complexity index is 1580. The lowest BCUT2D eigenvalue weighted by atomic mass is 9.99. The molecule has 2 bridgehead atoms. The van der Waals surface area contributed by atoms with Gasteiger partial charge >= 0.3 is 0 Å². The highest BCUT2D eigenvalue weighted by molar-refractivity contribution is 7.14. The Morgan fingerprint density at radius 3 is 2.76 bits per heavy atom. The molecule has 0 spiro atoms. The van der Waals surface area contributed by atoms with Gasteiger partial charge in [0.2, 0.25) is 0 Å². The van der Waals surface area contributed by atoms with Crippen molar-refractivity contribution in [3.05, 3.63) is 73.5 Å². The third kappa shape index (κ3) is 3.89. The molecule has 0 saturated heterocycles. The molecular weight excluding hydrogens is 484 g/mol. The van der Waals surface area contributed by atoms with Crippen molar-refractivity contribution < 1.29 is 4.79 Å². The molecule has 0 aliphatic heterocycles. The van der Waals surface area contributed by atoms with Crippen LogP contribution in [0.15, 0.2) is 41.3 Å². The van der Waals surface area contributed by atoms with E-state index in [4.69, 9.17) is 0 Å². The summed E-state index contributed by atoms with van der Waals surface area (Å²) in [5.41, 5.74) is 5.37. The fraction of sp³-hybridized carbons (Fsp3) is 0.357. The number of rotatable bonds is 6. The van der Waals surface area contributed by atoms with Crippen LogP contribution in [0.1, 0.15) is 81.2 Å². The lowest BCUT2D eigenvalue weighted by Crippen LogP contribution is -2.21. The lowest BCUT2D eigenvalue weighted by Gasteiger charge is -2.14. The van der Waals surface area contributed by atoms with E-state index in [1.165, 1.54) is 47.1 Å². The standard InChI is InChI=1S/C28H28N6O2S/c1-14-18(22-13-34(2)28(36)26(29-22)31-24-12-21(32-33-24)15-6-7-15)4-3-5-20(14)30-27(35)23-11-19-16-8-9-17(10-16)25(19)37-23/h3-5,11-13,15-17H,6-10H2,1-2H3,(H,30,35)(H2,29,31,32,33). The van der Waals surface area contributed by atoms with Crippen LogP contribution in [-0.4, -0.2) is 25.7 Å². The molecule has 188 valence electrons. The Hall–Kier alpha value is -3.72. The van der Waals surface area contributed by atoms with Crippen molar-refractivity contribution >= 4 is 34.6 Å². The minimum absolute atomic E-state index is 0.0696. The summed E-state index contributed by atoms with van der Waals surface area (Å²) in [4.78, 5) is 32.9. The zero-order valence-corrected chi connectivity index (χ0v) is 21.6. The van der Waals surface area contributed by atoms with Gasteiger partial charge in [-0.3, -0.25) is 14.7 Å². The van der Waals surface area contributed by atoms with Gasteiger partial charge in [-0.2, -0.15) is 5.10 Å². The summed E-state index contributed by atoms with van der Waals surface area (Å²) in [5, 5.41) is 13.6. The number of fused-ring (bicyclic) bond motifs is 5. The van der Waals surface area contributed by atoms with Crippen LogP contribution in [-0.2, 0) is 7.05 Å². The zero-order chi connectivity index (χ0) is 25.3. The number of nitrogens with zero attached hydrogens (tertiary/aromatic N) is 3. The van der Waals surface area contributed by atoms with Crippen molar-refractivity contribution in [2.24, 2.45) is 7.05 Å². The Labute approximate surface area is 218 Å². The van der Waals surface area contributed by atoms with E-state index in [0.717, 1.165) is 27.4 Å². The molecule has 3 N–H and O–H groups in total. The van der Waals surface area contributed by atoms with Crippen LogP contribution in [0.25, 0.3) is 11.3 Å². The smallest absolute Gasteiger partial charge is 0.293 e. The van der Waals surface area contributed by atoms with Crippen LogP contribution < -0.4 is 16.2 Å². The van der Waals surface area contributed by atoms with Gasteiger partial charge in [-0.25, -0.2) is 4.98 Å². The first-order valence-electron chi connectivity index (χ1n) is 12.9. The highest BCUT2D eigenvalue weighted by Crippen LogP contribution is 2.56. The lowest BCUT2D eigenvalue weighted by molar-refractivity contribution is 0.103. The molecule has 0 radical (unpaired) electrons. The number of carbonyl (C=O) groups is 1. The summed E-state index contributed by atoms with van der Waals surface area (Å²) < 4.78 is 1.52. The van der Waals surface area contributed by atoms with Gasteiger partial charge < -0.3 is 15.2 Å². The van der Waals surface area contributed by atoms with E-state index in [1.54, 1.807) is 24.6 Å². The van der Waals surface area contributed by atoms with Gasteiger partial charge in [0, 0.05) is 47.1 Å². The third-order valence-electron chi connectivity index (χ3n) is 8.05. The first-order chi connectivity index (χ1) is 17.9. The van der Waals surface area contributed by atoms with E-state index >= 15 is 0 Å². The highest BCUT2D eigenvalue weighted by atomic mass is 32.1. The van der Waals surface area contributed by atoms with Gasteiger partial charge in [0.15, 0.2) is 11.6 Å². The molecule has 2 saturated carbocycles. The molecule has 2 fully saturated rings. The second-order valence-electron chi connectivity index (χ2n) is 10.6. The number of hydrogen-bond acceptors (Lipinski definition) is 6. The average molecular weight is 513 g/mol. The normalized spacial score (nSPS) is 19.7. The largest absolute Gasteiger partial charge is 0.321 e. The SMILES string of the molecule is Cc1c(NC(=O)c2cc3c(s2)C2CCC3C2)cccc1-c1cn(C)c(=O)c(Nc2cc(C3CC3)[nH]n2)n1. The minimum atomic E-state index is -0.235. The summed E-state index contributed by atoms with van der Waals surface area (Å²) in [6.07, 6.45) is 7.82. The third-order valence-corrected chi connectivity index (χ3v) is 9.36. The van der Waals surface area contributed by atoms with E-state index < -0.39 is 0 Å². The van der Waals surface area contributed by atoms with Gasteiger partial charge in [0.25, 0.3) is 11.5 Å². The number of nitrogens with one attached hydrogen (secondary N) is 3. The molecule has 1 aromatic carbocycles. The first kappa shape index (κ1) is 22.5. The molecule has 3 aliphatic rings. The van der Waals surface area contributed by atoms with Crippen LogP contribution >= 0.6 is 11.3 Å². The topological polar surface area (TPSA) is 105 Å². The number of aromatic nitrogens is 4. The van der Waals surface area contributed by atoms with Crippen LogP contribution in [0.3, 0.4) is 0 Å². The molecule has 7 rings (SSSR count). The van der Waals surface area contributed by atoms with Crippen molar-refractivity contribution in [2.45, 2.75) is 56.8 Å². The van der Waals surface area contributed by atoms with Crippen molar-refractivity contribution in [3.63, 3.8) is 0 Å². The number of H-pyrrole nitrogens is 1. The van der Waals surface area contributed by atoms with E-state index in [9.17, 15) is 9.59 Å². The molecule has 9 heteroatoms. The highest BCUT2D eigenvalue weighted by Gasteiger charge is 2.39. The quantitative estimate of drug-likeness (QED) is 0.304. The number of benzene rings is 1. The number of anilines is 3. The summed E-state index contributed by atoms with van der Waals surface area (Å²) in [6.45, 7) is 1.97. The molecule has 3 aromatic heterocycles. The molecule has 2 atom stereocenters. The van der Waals surface area contributed by atoms with Gasteiger partial charge in [0.1, 0.15) is 0 Å². The van der Waals surface area contributed by atoms with Gasteiger partial charge in [-0.1, -0.05) is 12.1 Å². The van der Waals surface area contributed by atoms with E-state index in [0.29, 0.717) is 29.3 Å².